The smallest absolute Gasteiger partial charge is 0.164 e. The second-order valence-corrected chi connectivity index (χ2v) is 14.9. The van der Waals surface area contributed by atoms with E-state index < -0.39 is 0 Å². The average molecular weight is 754 g/mol. The molecule has 0 fully saturated rings. The highest BCUT2D eigenvalue weighted by Gasteiger charge is 2.21. The zero-order chi connectivity index (χ0) is 39.1. The van der Waals surface area contributed by atoms with Crippen molar-refractivity contribution in [1.29, 1.82) is 0 Å². The molecular formula is C54H35N5. The highest BCUT2D eigenvalue weighted by molar-refractivity contribution is 5.93. The van der Waals surface area contributed by atoms with E-state index in [2.05, 4.69) is 133 Å². The quantitative estimate of drug-likeness (QED) is 0.162. The standard InChI is InChI=1S/C54H35N5/c1-4-14-35(15-5-1)49-34-50(56-53(55-49)45-27-26-42-31-46-30-38-20-10-11-21-41(38)32-48(46)47(42)33-45)43-24-12-22-39(28-43)40-23-13-25-44(29-40)54-58-51(36-16-6-2-7-17-36)57-52(59-54)37-18-8-3-9-19-37/h1-30,32-34H,31H2. The average Bonchev–Trinajstić information content (AvgIpc) is 3.68. The predicted octanol–water partition coefficient (Wildman–Crippen LogP) is 13.1. The van der Waals surface area contributed by atoms with Crippen LogP contribution in [0.5, 0.6) is 0 Å². The first-order chi connectivity index (χ1) is 29.2. The Kier molecular flexibility index (Phi) is 8.48. The monoisotopic (exact) mass is 753 g/mol. The van der Waals surface area contributed by atoms with Crippen molar-refractivity contribution in [3.8, 4) is 90.3 Å². The Labute approximate surface area is 342 Å². The van der Waals surface area contributed by atoms with Gasteiger partial charge in [0.2, 0.25) is 0 Å². The molecule has 0 aliphatic heterocycles. The van der Waals surface area contributed by atoms with Gasteiger partial charge in [0.1, 0.15) is 0 Å². The largest absolute Gasteiger partial charge is 0.228 e. The lowest BCUT2D eigenvalue weighted by Gasteiger charge is -2.12. The van der Waals surface area contributed by atoms with Crippen LogP contribution in [0.25, 0.3) is 101 Å². The van der Waals surface area contributed by atoms with Crippen molar-refractivity contribution in [2.75, 3.05) is 0 Å². The predicted molar refractivity (Wildman–Crippen MR) is 239 cm³/mol. The van der Waals surface area contributed by atoms with E-state index in [1.165, 1.54) is 33.0 Å². The summed E-state index contributed by atoms with van der Waals surface area (Å²) >= 11 is 0. The first-order valence-corrected chi connectivity index (χ1v) is 19.9. The van der Waals surface area contributed by atoms with Crippen LogP contribution in [0.15, 0.2) is 200 Å². The third-order valence-corrected chi connectivity index (χ3v) is 11.1. The summed E-state index contributed by atoms with van der Waals surface area (Å²) in [5.74, 6) is 2.59. The van der Waals surface area contributed by atoms with E-state index in [1.54, 1.807) is 0 Å². The summed E-state index contributed by atoms with van der Waals surface area (Å²) in [6.45, 7) is 0. The summed E-state index contributed by atoms with van der Waals surface area (Å²) in [5.41, 5.74) is 14.9. The molecule has 5 heteroatoms. The second-order valence-electron chi connectivity index (χ2n) is 14.9. The van der Waals surface area contributed by atoms with Gasteiger partial charge < -0.3 is 0 Å². The zero-order valence-electron chi connectivity index (χ0n) is 32.0. The molecule has 0 spiro atoms. The molecule has 1 aliphatic carbocycles. The molecule has 59 heavy (non-hydrogen) atoms. The summed E-state index contributed by atoms with van der Waals surface area (Å²) < 4.78 is 0. The molecule has 0 unspecified atom stereocenters. The maximum atomic E-state index is 5.27. The molecule has 10 aromatic rings. The Hall–Kier alpha value is -7.89. The first-order valence-electron chi connectivity index (χ1n) is 19.9. The summed E-state index contributed by atoms with van der Waals surface area (Å²) in [6.07, 6.45) is 0.926. The van der Waals surface area contributed by atoms with Crippen LogP contribution in [0.2, 0.25) is 0 Å². The van der Waals surface area contributed by atoms with Crippen LogP contribution in [0.1, 0.15) is 11.1 Å². The van der Waals surface area contributed by atoms with Gasteiger partial charge in [-0.1, -0.05) is 170 Å². The lowest BCUT2D eigenvalue weighted by molar-refractivity contribution is 1.07. The van der Waals surface area contributed by atoms with Crippen molar-refractivity contribution in [2.24, 2.45) is 0 Å². The minimum Gasteiger partial charge on any atom is -0.228 e. The van der Waals surface area contributed by atoms with Crippen molar-refractivity contribution in [3.05, 3.63) is 211 Å². The molecule has 0 amide bonds. The van der Waals surface area contributed by atoms with Crippen molar-refractivity contribution in [2.45, 2.75) is 6.42 Å². The fourth-order valence-electron chi connectivity index (χ4n) is 8.12. The Morgan fingerprint density at radius 2 is 0.695 bits per heavy atom. The number of aromatic nitrogens is 5. The van der Waals surface area contributed by atoms with Gasteiger partial charge >= 0.3 is 0 Å². The lowest BCUT2D eigenvalue weighted by Crippen LogP contribution is -2.00. The van der Waals surface area contributed by atoms with Crippen LogP contribution in [-0.4, -0.2) is 24.9 Å². The molecule has 0 atom stereocenters. The molecule has 8 aromatic carbocycles. The Balaban J connectivity index is 0.990. The van der Waals surface area contributed by atoms with Crippen LogP contribution in [0, 0.1) is 0 Å². The van der Waals surface area contributed by atoms with Crippen LogP contribution >= 0.6 is 0 Å². The summed E-state index contributed by atoms with van der Waals surface area (Å²) in [6, 6.07) is 69.6. The van der Waals surface area contributed by atoms with Crippen molar-refractivity contribution < 1.29 is 0 Å². The molecule has 0 N–H and O–H groups in total. The SMILES string of the molecule is c1ccc(-c2cc(-c3cccc(-c4cccc(-c5nc(-c6ccccc6)nc(-c6ccccc6)n5)c4)c3)nc(-c3ccc4c(c3)-c3cc5ccccc5cc3C4)n2)cc1. The Morgan fingerprint density at radius 1 is 0.254 bits per heavy atom. The van der Waals surface area contributed by atoms with Crippen LogP contribution < -0.4 is 0 Å². The number of hydrogen-bond donors (Lipinski definition) is 0. The maximum absolute atomic E-state index is 5.27. The molecular weight excluding hydrogens is 719 g/mol. The minimum absolute atomic E-state index is 0.619. The second kappa shape index (κ2) is 14.6. The van der Waals surface area contributed by atoms with E-state index in [1.807, 2.05) is 66.7 Å². The molecule has 11 rings (SSSR count). The molecule has 0 saturated carbocycles. The zero-order valence-corrected chi connectivity index (χ0v) is 32.0. The van der Waals surface area contributed by atoms with Gasteiger partial charge in [0, 0.05) is 33.4 Å². The van der Waals surface area contributed by atoms with Gasteiger partial charge in [-0.15, -0.1) is 0 Å². The summed E-state index contributed by atoms with van der Waals surface area (Å²) in [7, 11) is 0. The Morgan fingerprint density at radius 3 is 1.34 bits per heavy atom. The van der Waals surface area contributed by atoms with Crippen molar-refractivity contribution in [1.82, 2.24) is 24.9 Å². The van der Waals surface area contributed by atoms with Gasteiger partial charge in [0.15, 0.2) is 23.3 Å². The van der Waals surface area contributed by atoms with E-state index in [9.17, 15) is 0 Å². The Bertz CT molecular complexity index is 3120. The lowest BCUT2D eigenvalue weighted by atomic mass is 9.98. The van der Waals surface area contributed by atoms with E-state index in [-0.39, 0.29) is 0 Å². The topological polar surface area (TPSA) is 64.5 Å². The normalized spacial score (nSPS) is 11.7. The molecule has 2 heterocycles. The molecule has 0 bridgehead atoms. The number of nitrogens with zero attached hydrogens (tertiary/aromatic N) is 5. The number of fused-ring (bicyclic) bond motifs is 4. The van der Waals surface area contributed by atoms with E-state index in [0.717, 1.165) is 62.3 Å². The third-order valence-electron chi connectivity index (χ3n) is 11.1. The van der Waals surface area contributed by atoms with Gasteiger partial charge in [0.25, 0.3) is 0 Å². The molecule has 1 aliphatic rings. The van der Waals surface area contributed by atoms with Gasteiger partial charge in [-0.05, 0) is 80.9 Å². The number of hydrogen-bond acceptors (Lipinski definition) is 5. The van der Waals surface area contributed by atoms with Crippen molar-refractivity contribution in [3.63, 3.8) is 0 Å². The van der Waals surface area contributed by atoms with Crippen LogP contribution in [0.3, 0.4) is 0 Å². The molecule has 5 nitrogen and oxygen atoms in total. The summed E-state index contributed by atoms with van der Waals surface area (Å²) in [4.78, 5) is 25.3. The van der Waals surface area contributed by atoms with Crippen LogP contribution in [-0.2, 0) is 6.42 Å². The van der Waals surface area contributed by atoms with E-state index in [0.29, 0.717) is 23.3 Å². The molecule has 0 saturated heterocycles. The highest BCUT2D eigenvalue weighted by atomic mass is 15.0. The van der Waals surface area contributed by atoms with Gasteiger partial charge in [-0.25, -0.2) is 24.9 Å². The van der Waals surface area contributed by atoms with Gasteiger partial charge in [-0.3, -0.25) is 0 Å². The minimum atomic E-state index is 0.619. The van der Waals surface area contributed by atoms with E-state index in [4.69, 9.17) is 24.9 Å². The molecule has 2 aromatic heterocycles. The van der Waals surface area contributed by atoms with Gasteiger partial charge in [0.05, 0.1) is 11.4 Å². The highest BCUT2D eigenvalue weighted by Crippen LogP contribution is 2.41. The number of benzene rings is 8. The van der Waals surface area contributed by atoms with Gasteiger partial charge in [-0.2, -0.15) is 0 Å². The van der Waals surface area contributed by atoms with Crippen LogP contribution in [0.4, 0.5) is 0 Å². The first kappa shape index (κ1) is 34.4. The number of rotatable bonds is 7. The molecule has 276 valence electrons. The third kappa shape index (κ3) is 6.65. The maximum Gasteiger partial charge on any atom is 0.164 e. The summed E-state index contributed by atoms with van der Waals surface area (Å²) in [5, 5.41) is 2.53. The fourth-order valence-corrected chi connectivity index (χ4v) is 8.12. The van der Waals surface area contributed by atoms with E-state index >= 15 is 0 Å². The molecule has 0 radical (unpaired) electrons. The van der Waals surface area contributed by atoms with Crippen molar-refractivity contribution >= 4 is 10.8 Å². The fraction of sp³-hybridized carbons (Fsp3) is 0.0185.